The zero-order chi connectivity index (χ0) is 11.8. The zero-order valence-corrected chi connectivity index (χ0v) is 9.55. The second kappa shape index (κ2) is 3.94. The normalized spacial score (nSPS) is 14.2. The van der Waals surface area contributed by atoms with E-state index in [0.29, 0.717) is 30.0 Å². The Hall–Kier alpha value is -1.29. The van der Waals surface area contributed by atoms with E-state index in [1.54, 1.807) is 6.07 Å². The number of nitrogens with two attached hydrogens (primary N) is 1. The minimum Gasteiger partial charge on any atom is -0.454 e. The van der Waals surface area contributed by atoms with Crippen molar-refractivity contribution in [2.24, 2.45) is 5.73 Å². The van der Waals surface area contributed by atoms with Gasteiger partial charge < -0.3 is 15.2 Å². The van der Waals surface area contributed by atoms with E-state index in [9.17, 15) is 4.39 Å². The van der Waals surface area contributed by atoms with Crippen LogP contribution in [0.5, 0.6) is 11.5 Å². The van der Waals surface area contributed by atoms with Crippen LogP contribution in [0, 0.1) is 0 Å². The molecule has 2 rings (SSSR count). The molecule has 0 aliphatic carbocycles. The number of rotatable bonds is 3. The Morgan fingerprint density at radius 3 is 2.50 bits per heavy atom. The number of ether oxygens (including phenoxy) is 2. The lowest BCUT2D eigenvalue weighted by molar-refractivity contribution is 0.173. The monoisotopic (exact) mass is 225 g/mol. The van der Waals surface area contributed by atoms with E-state index in [2.05, 4.69) is 0 Å². The SMILES string of the molecule is CC(C)(F)c1cc2c(cc1CCN)OCO2. The van der Waals surface area contributed by atoms with Gasteiger partial charge in [-0.25, -0.2) is 4.39 Å². The Kier molecular flexibility index (Phi) is 2.76. The first-order chi connectivity index (χ1) is 7.52. The molecule has 0 amide bonds. The van der Waals surface area contributed by atoms with Crippen LogP contribution in [0.25, 0.3) is 0 Å². The van der Waals surface area contributed by atoms with E-state index in [4.69, 9.17) is 15.2 Å². The van der Waals surface area contributed by atoms with Gasteiger partial charge >= 0.3 is 0 Å². The minimum absolute atomic E-state index is 0.202. The predicted octanol–water partition coefficient (Wildman–Crippen LogP) is 2.12. The molecule has 0 aromatic heterocycles. The molecule has 2 N–H and O–H groups in total. The number of halogens is 1. The Labute approximate surface area is 94.3 Å². The second-order valence-corrected chi connectivity index (χ2v) is 4.37. The van der Waals surface area contributed by atoms with Crippen molar-refractivity contribution in [1.29, 1.82) is 0 Å². The van der Waals surface area contributed by atoms with Crippen molar-refractivity contribution in [3.05, 3.63) is 23.3 Å². The molecule has 0 saturated heterocycles. The van der Waals surface area contributed by atoms with Crippen LogP contribution in [0.15, 0.2) is 12.1 Å². The van der Waals surface area contributed by atoms with Crippen molar-refractivity contribution in [1.82, 2.24) is 0 Å². The maximum Gasteiger partial charge on any atom is 0.231 e. The highest BCUT2D eigenvalue weighted by Gasteiger charge is 2.26. The molecule has 0 saturated carbocycles. The molecule has 1 heterocycles. The number of benzene rings is 1. The molecule has 0 unspecified atom stereocenters. The average Bonchev–Trinajstić information content (AvgIpc) is 2.62. The summed E-state index contributed by atoms with van der Waals surface area (Å²) < 4.78 is 24.6. The van der Waals surface area contributed by atoms with Crippen LogP contribution >= 0.6 is 0 Å². The first-order valence-electron chi connectivity index (χ1n) is 5.34. The lowest BCUT2D eigenvalue weighted by Crippen LogP contribution is -2.15. The lowest BCUT2D eigenvalue weighted by atomic mass is 9.92. The van der Waals surface area contributed by atoms with Crippen LogP contribution in [-0.2, 0) is 12.1 Å². The van der Waals surface area contributed by atoms with Crippen LogP contribution in [0.2, 0.25) is 0 Å². The molecule has 88 valence electrons. The van der Waals surface area contributed by atoms with E-state index in [1.165, 1.54) is 13.8 Å². The summed E-state index contributed by atoms with van der Waals surface area (Å²) >= 11 is 0. The van der Waals surface area contributed by atoms with Crippen molar-refractivity contribution >= 4 is 0 Å². The molecule has 4 heteroatoms. The van der Waals surface area contributed by atoms with Crippen molar-refractivity contribution < 1.29 is 13.9 Å². The number of hydrogen-bond acceptors (Lipinski definition) is 3. The zero-order valence-electron chi connectivity index (χ0n) is 9.55. The fraction of sp³-hybridized carbons (Fsp3) is 0.500. The van der Waals surface area contributed by atoms with Gasteiger partial charge in [0.2, 0.25) is 6.79 Å². The van der Waals surface area contributed by atoms with Crippen LogP contribution in [0.3, 0.4) is 0 Å². The molecule has 3 nitrogen and oxygen atoms in total. The van der Waals surface area contributed by atoms with E-state index < -0.39 is 5.67 Å². The fourth-order valence-corrected chi connectivity index (χ4v) is 1.90. The maximum atomic E-state index is 14.0. The van der Waals surface area contributed by atoms with Crippen molar-refractivity contribution in [2.45, 2.75) is 25.9 Å². The summed E-state index contributed by atoms with van der Waals surface area (Å²) in [4.78, 5) is 0. The van der Waals surface area contributed by atoms with E-state index in [1.807, 2.05) is 6.07 Å². The van der Waals surface area contributed by atoms with Gasteiger partial charge in [-0.3, -0.25) is 0 Å². The Bertz CT molecular complexity index is 399. The first kappa shape index (κ1) is 11.2. The number of fused-ring (bicyclic) bond motifs is 1. The molecule has 1 aliphatic heterocycles. The van der Waals surface area contributed by atoms with Gasteiger partial charge in [0.05, 0.1) is 0 Å². The fourth-order valence-electron chi connectivity index (χ4n) is 1.90. The van der Waals surface area contributed by atoms with Crippen LogP contribution < -0.4 is 15.2 Å². The molecule has 0 radical (unpaired) electrons. The smallest absolute Gasteiger partial charge is 0.231 e. The first-order valence-corrected chi connectivity index (χ1v) is 5.34. The van der Waals surface area contributed by atoms with Gasteiger partial charge in [-0.1, -0.05) is 0 Å². The average molecular weight is 225 g/mol. The Morgan fingerprint density at radius 2 is 1.94 bits per heavy atom. The highest BCUT2D eigenvalue weighted by molar-refractivity contribution is 5.50. The summed E-state index contributed by atoms with van der Waals surface area (Å²) in [6.45, 7) is 3.76. The summed E-state index contributed by atoms with van der Waals surface area (Å²) in [5.74, 6) is 1.29. The summed E-state index contributed by atoms with van der Waals surface area (Å²) in [7, 11) is 0. The third-order valence-electron chi connectivity index (χ3n) is 2.65. The Morgan fingerprint density at radius 1 is 1.31 bits per heavy atom. The second-order valence-electron chi connectivity index (χ2n) is 4.37. The topological polar surface area (TPSA) is 44.5 Å². The minimum atomic E-state index is -1.40. The lowest BCUT2D eigenvalue weighted by Gasteiger charge is -2.19. The summed E-state index contributed by atoms with van der Waals surface area (Å²) in [6, 6.07) is 3.54. The van der Waals surface area contributed by atoms with Gasteiger partial charge in [0.15, 0.2) is 11.5 Å². The molecule has 0 bridgehead atoms. The summed E-state index contributed by atoms with van der Waals surface area (Å²) in [5, 5.41) is 0. The molecule has 0 spiro atoms. The van der Waals surface area contributed by atoms with Crippen LogP contribution in [-0.4, -0.2) is 13.3 Å². The Balaban J connectivity index is 2.49. The van der Waals surface area contributed by atoms with Gasteiger partial charge in [0.25, 0.3) is 0 Å². The standard InChI is InChI=1S/C12H16FNO2/c1-12(2,13)9-6-11-10(15-7-16-11)5-8(9)3-4-14/h5-6H,3-4,7,14H2,1-2H3. The third kappa shape index (κ3) is 1.97. The van der Waals surface area contributed by atoms with Gasteiger partial charge in [0, 0.05) is 0 Å². The molecule has 0 atom stereocenters. The highest BCUT2D eigenvalue weighted by Crippen LogP contribution is 2.39. The van der Waals surface area contributed by atoms with E-state index in [-0.39, 0.29) is 6.79 Å². The quantitative estimate of drug-likeness (QED) is 0.857. The number of alkyl halides is 1. The third-order valence-corrected chi connectivity index (χ3v) is 2.65. The molecule has 1 aliphatic rings. The molecule has 1 aromatic rings. The highest BCUT2D eigenvalue weighted by atomic mass is 19.1. The van der Waals surface area contributed by atoms with E-state index >= 15 is 0 Å². The summed E-state index contributed by atoms with van der Waals surface area (Å²) in [5.41, 5.74) is 5.64. The molecule has 0 fully saturated rings. The largest absolute Gasteiger partial charge is 0.454 e. The molecular weight excluding hydrogens is 209 g/mol. The summed E-state index contributed by atoms with van der Waals surface area (Å²) in [6.07, 6.45) is 0.638. The predicted molar refractivity (Wildman–Crippen MR) is 59.5 cm³/mol. The van der Waals surface area contributed by atoms with E-state index in [0.717, 1.165) is 5.56 Å². The number of hydrogen-bond donors (Lipinski definition) is 1. The van der Waals surface area contributed by atoms with Crippen LogP contribution in [0.4, 0.5) is 4.39 Å². The van der Waals surface area contributed by atoms with Gasteiger partial charge in [-0.15, -0.1) is 0 Å². The molecule has 16 heavy (non-hydrogen) atoms. The van der Waals surface area contributed by atoms with Gasteiger partial charge in [-0.2, -0.15) is 0 Å². The van der Waals surface area contributed by atoms with Crippen molar-refractivity contribution in [3.8, 4) is 11.5 Å². The van der Waals surface area contributed by atoms with Crippen molar-refractivity contribution in [2.75, 3.05) is 13.3 Å². The van der Waals surface area contributed by atoms with Crippen LogP contribution in [0.1, 0.15) is 25.0 Å². The van der Waals surface area contributed by atoms with Gasteiger partial charge in [-0.05, 0) is 50.1 Å². The molecule has 1 aromatic carbocycles. The van der Waals surface area contributed by atoms with Crippen molar-refractivity contribution in [3.63, 3.8) is 0 Å². The molecular formula is C12H16FNO2. The van der Waals surface area contributed by atoms with Gasteiger partial charge in [0.1, 0.15) is 5.67 Å². The maximum absolute atomic E-state index is 14.0.